The Labute approximate surface area is 183 Å². The summed E-state index contributed by atoms with van der Waals surface area (Å²) in [5.74, 6) is 0. The van der Waals surface area contributed by atoms with Crippen molar-refractivity contribution in [3.63, 3.8) is 0 Å². The van der Waals surface area contributed by atoms with Crippen LogP contribution < -0.4 is 10.6 Å². The third-order valence-electron chi connectivity index (χ3n) is 5.26. The molecule has 0 aliphatic rings. The van der Waals surface area contributed by atoms with Crippen molar-refractivity contribution in [1.82, 2.24) is 10.3 Å². The fourth-order valence-corrected chi connectivity index (χ4v) is 3.61. The third kappa shape index (κ3) is 4.99. The van der Waals surface area contributed by atoms with Gasteiger partial charge in [0.05, 0.1) is 5.52 Å². The van der Waals surface area contributed by atoms with Gasteiger partial charge in [0.2, 0.25) is 0 Å². The zero-order valence-electron chi connectivity index (χ0n) is 17.3. The largest absolute Gasteiger partial charge is 0.383 e. The van der Waals surface area contributed by atoms with Crippen molar-refractivity contribution in [2.24, 2.45) is 0 Å². The maximum absolute atomic E-state index is 6.09. The van der Waals surface area contributed by atoms with E-state index in [1.165, 1.54) is 16.7 Å². The number of hydrogen-bond donors (Lipinski definition) is 2. The standard InChI is InChI=1S/C26H26ClN3/c1-26(2,18-29-24-14-15-28-25-16-22(27)12-13-23(24)25)30-17-19-8-10-21(11-9-19)20-6-4-3-5-7-20/h3-16,30H,17-18H2,1-2H3,(H,28,29). The van der Waals surface area contributed by atoms with E-state index in [-0.39, 0.29) is 5.54 Å². The highest BCUT2D eigenvalue weighted by atomic mass is 35.5. The summed E-state index contributed by atoms with van der Waals surface area (Å²) < 4.78 is 0. The van der Waals surface area contributed by atoms with E-state index in [9.17, 15) is 0 Å². The molecule has 0 radical (unpaired) electrons. The summed E-state index contributed by atoms with van der Waals surface area (Å²) in [5.41, 5.74) is 5.64. The first-order valence-corrected chi connectivity index (χ1v) is 10.6. The minimum atomic E-state index is -0.0832. The zero-order chi connectivity index (χ0) is 21.0. The quantitative estimate of drug-likeness (QED) is 0.360. The van der Waals surface area contributed by atoms with Crippen molar-refractivity contribution in [3.05, 3.63) is 95.6 Å². The highest BCUT2D eigenvalue weighted by molar-refractivity contribution is 6.31. The molecule has 30 heavy (non-hydrogen) atoms. The Morgan fingerprint density at radius 1 is 0.867 bits per heavy atom. The molecule has 0 saturated carbocycles. The van der Waals surface area contributed by atoms with E-state index < -0.39 is 0 Å². The zero-order valence-corrected chi connectivity index (χ0v) is 18.1. The molecule has 0 bridgehead atoms. The molecule has 1 heterocycles. The van der Waals surface area contributed by atoms with Crippen LogP contribution in [0.2, 0.25) is 5.02 Å². The molecule has 3 nitrogen and oxygen atoms in total. The van der Waals surface area contributed by atoms with Gasteiger partial charge in [-0.25, -0.2) is 0 Å². The topological polar surface area (TPSA) is 37.0 Å². The molecular formula is C26H26ClN3. The summed E-state index contributed by atoms with van der Waals surface area (Å²) in [7, 11) is 0. The SMILES string of the molecule is CC(C)(CNc1ccnc2cc(Cl)ccc12)NCc1ccc(-c2ccccc2)cc1. The van der Waals surface area contributed by atoms with Crippen LogP contribution in [0.15, 0.2) is 85.1 Å². The van der Waals surface area contributed by atoms with Crippen LogP contribution in [0, 0.1) is 0 Å². The van der Waals surface area contributed by atoms with Gasteiger partial charge < -0.3 is 10.6 Å². The second-order valence-corrected chi connectivity index (χ2v) is 8.61. The lowest BCUT2D eigenvalue weighted by atomic mass is 10.0. The molecule has 4 rings (SSSR count). The third-order valence-corrected chi connectivity index (χ3v) is 5.49. The molecule has 0 unspecified atom stereocenters. The van der Waals surface area contributed by atoms with Crippen LogP contribution >= 0.6 is 11.6 Å². The molecule has 0 aliphatic heterocycles. The van der Waals surface area contributed by atoms with Crippen LogP contribution in [0.1, 0.15) is 19.4 Å². The van der Waals surface area contributed by atoms with Gasteiger partial charge in [0, 0.05) is 40.9 Å². The first-order chi connectivity index (χ1) is 14.5. The van der Waals surface area contributed by atoms with Crippen LogP contribution in [0.3, 0.4) is 0 Å². The number of benzene rings is 3. The Bertz CT molecular complexity index is 1120. The van der Waals surface area contributed by atoms with Crippen molar-refractivity contribution < 1.29 is 0 Å². The van der Waals surface area contributed by atoms with E-state index in [0.29, 0.717) is 5.02 Å². The van der Waals surface area contributed by atoms with Crippen molar-refractivity contribution in [2.45, 2.75) is 25.9 Å². The Hall–Kier alpha value is -2.88. The Morgan fingerprint density at radius 2 is 1.60 bits per heavy atom. The molecule has 0 fully saturated rings. The van der Waals surface area contributed by atoms with Gasteiger partial charge in [0.1, 0.15) is 0 Å². The maximum atomic E-state index is 6.09. The van der Waals surface area contributed by atoms with Crippen LogP contribution in [-0.4, -0.2) is 17.1 Å². The highest BCUT2D eigenvalue weighted by Gasteiger charge is 2.17. The second-order valence-electron chi connectivity index (χ2n) is 8.17. The Kier molecular flexibility index (Phi) is 6.03. The average molecular weight is 416 g/mol. The van der Waals surface area contributed by atoms with Crippen LogP contribution in [-0.2, 0) is 6.54 Å². The van der Waals surface area contributed by atoms with E-state index >= 15 is 0 Å². The first kappa shape index (κ1) is 20.4. The van der Waals surface area contributed by atoms with Gasteiger partial charge in [0.15, 0.2) is 0 Å². The summed E-state index contributed by atoms with van der Waals surface area (Å²) in [5, 5.41) is 9.01. The minimum Gasteiger partial charge on any atom is -0.383 e. The molecule has 3 aromatic carbocycles. The van der Waals surface area contributed by atoms with Gasteiger partial charge in [-0.15, -0.1) is 0 Å². The monoisotopic (exact) mass is 415 g/mol. The average Bonchev–Trinajstić information content (AvgIpc) is 2.77. The fourth-order valence-electron chi connectivity index (χ4n) is 3.44. The smallest absolute Gasteiger partial charge is 0.0737 e. The van der Waals surface area contributed by atoms with Gasteiger partial charge >= 0.3 is 0 Å². The molecule has 1 aromatic heterocycles. The molecule has 0 spiro atoms. The second kappa shape index (κ2) is 8.86. The molecule has 0 saturated heterocycles. The number of hydrogen-bond acceptors (Lipinski definition) is 3. The summed E-state index contributed by atoms with van der Waals surface area (Å²) in [6, 6.07) is 27.0. The number of rotatable bonds is 7. The van der Waals surface area contributed by atoms with Crippen molar-refractivity contribution in [1.29, 1.82) is 0 Å². The Balaban J connectivity index is 1.37. The molecule has 0 atom stereocenters. The molecule has 4 aromatic rings. The lowest BCUT2D eigenvalue weighted by Gasteiger charge is -2.28. The fraction of sp³-hybridized carbons (Fsp3) is 0.192. The molecule has 152 valence electrons. The highest BCUT2D eigenvalue weighted by Crippen LogP contribution is 2.25. The molecule has 0 amide bonds. The lowest BCUT2D eigenvalue weighted by molar-refractivity contribution is 0.407. The summed E-state index contributed by atoms with van der Waals surface area (Å²) in [6.45, 7) is 6.02. The maximum Gasteiger partial charge on any atom is 0.0737 e. The van der Waals surface area contributed by atoms with E-state index in [4.69, 9.17) is 11.6 Å². The molecule has 2 N–H and O–H groups in total. The lowest BCUT2D eigenvalue weighted by Crippen LogP contribution is -2.44. The summed E-state index contributed by atoms with van der Waals surface area (Å²) in [4.78, 5) is 4.41. The van der Waals surface area contributed by atoms with Gasteiger partial charge in [-0.1, -0.05) is 66.2 Å². The van der Waals surface area contributed by atoms with Gasteiger partial charge in [-0.2, -0.15) is 0 Å². The number of nitrogens with zero attached hydrogens (tertiary/aromatic N) is 1. The molecule has 0 aliphatic carbocycles. The number of anilines is 1. The molecule has 4 heteroatoms. The number of nitrogens with one attached hydrogen (secondary N) is 2. The predicted molar refractivity (Wildman–Crippen MR) is 128 cm³/mol. The van der Waals surface area contributed by atoms with Crippen molar-refractivity contribution in [2.75, 3.05) is 11.9 Å². The van der Waals surface area contributed by atoms with Crippen LogP contribution in [0.5, 0.6) is 0 Å². The number of aromatic nitrogens is 1. The van der Waals surface area contributed by atoms with Gasteiger partial charge in [0.25, 0.3) is 0 Å². The van der Waals surface area contributed by atoms with Crippen molar-refractivity contribution in [3.8, 4) is 11.1 Å². The number of halogens is 1. The van der Waals surface area contributed by atoms with Crippen LogP contribution in [0.25, 0.3) is 22.0 Å². The molecular weight excluding hydrogens is 390 g/mol. The predicted octanol–water partition coefficient (Wildman–Crippen LogP) is 6.54. The number of fused-ring (bicyclic) bond motifs is 1. The van der Waals surface area contributed by atoms with E-state index in [1.807, 2.05) is 36.5 Å². The number of pyridine rings is 1. The van der Waals surface area contributed by atoms with E-state index in [2.05, 4.69) is 78.0 Å². The minimum absolute atomic E-state index is 0.0832. The summed E-state index contributed by atoms with van der Waals surface area (Å²) >= 11 is 6.09. The normalized spacial score (nSPS) is 11.6. The van der Waals surface area contributed by atoms with Gasteiger partial charge in [-0.3, -0.25) is 4.98 Å². The van der Waals surface area contributed by atoms with Crippen molar-refractivity contribution >= 4 is 28.2 Å². The Morgan fingerprint density at radius 3 is 2.37 bits per heavy atom. The van der Waals surface area contributed by atoms with Gasteiger partial charge in [-0.05, 0) is 54.8 Å². The van der Waals surface area contributed by atoms with E-state index in [0.717, 1.165) is 29.7 Å². The van der Waals surface area contributed by atoms with Crippen LogP contribution in [0.4, 0.5) is 5.69 Å². The van der Waals surface area contributed by atoms with E-state index in [1.54, 1.807) is 0 Å². The summed E-state index contributed by atoms with van der Waals surface area (Å²) in [6.07, 6.45) is 1.82. The first-order valence-electron chi connectivity index (χ1n) is 10.2.